The van der Waals surface area contributed by atoms with Gasteiger partial charge in [0.2, 0.25) is 5.91 Å². The van der Waals surface area contributed by atoms with Crippen LogP contribution in [-0.2, 0) is 24.3 Å². The molecule has 0 saturated carbocycles. The molecule has 0 radical (unpaired) electrons. The normalized spacial score (nSPS) is 14.0. The van der Waals surface area contributed by atoms with Crippen molar-refractivity contribution in [1.29, 1.82) is 0 Å². The molecule has 0 fully saturated rings. The summed E-state index contributed by atoms with van der Waals surface area (Å²) in [5.41, 5.74) is 3.90. The zero-order valence-electron chi connectivity index (χ0n) is 16.1. The molecule has 2 aromatic heterocycles. The van der Waals surface area contributed by atoms with Gasteiger partial charge in [-0.1, -0.05) is 12.1 Å². The lowest BCUT2D eigenvalue weighted by Crippen LogP contribution is -2.37. The van der Waals surface area contributed by atoms with E-state index in [2.05, 4.69) is 20.7 Å². The van der Waals surface area contributed by atoms with E-state index in [1.807, 2.05) is 26.2 Å². The van der Waals surface area contributed by atoms with E-state index in [-0.39, 0.29) is 18.4 Å². The number of nitrogens with one attached hydrogen (secondary N) is 2. The molecule has 0 spiro atoms. The number of fused-ring (bicyclic) bond motifs is 1. The number of hydrogen-bond donors (Lipinski definition) is 2. The fraction of sp³-hybridized carbons (Fsp3) is 0.526. The van der Waals surface area contributed by atoms with Crippen molar-refractivity contribution in [3.05, 3.63) is 38.4 Å². The highest BCUT2D eigenvalue weighted by Gasteiger charge is 2.25. The van der Waals surface area contributed by atoms with Crippen molar-refractivity contribution in [3.63, 3.8) is 0 Å². The van der Waals surface area contributed by atoms with Crippen LogP contribution in [0.3, 0.4) is 0 Å². The lowest BCUT2D eigenvalue weighted by molar-refractivity contribution is -0.120. The number of amides is 2. The van der Waals surface area contributed by atoms with E-state index in [0.717, 1.165) is 55.1 Å². The van der Waals surface area contributed by atoms with Crippen LogP contribution in [0.2, 0.25) is 0 Å². The molecule has 3 rings (SSSR count). The van der Waals surface area contributed by atoms with E-state index < -0.39 is 0 Å². The minimum atomic E-state index is -0.168. The molecule has 0 aromatic carbocycles. The number of thiophene rings is 1. The maximum absolute atomic E-state index is 12.5. The van der Waals surface area contributed by atoms with Crippen molar-refractivity contribution in [1.82, 2.24) is 20.7 Å². The predicted octanol–water partition coefficient (Wildman–Crippen LogP) is 2.17. The van der Waals surface area contributed by atoms with Crippen LogP contribution in [0.5, 0.6) is 0 Å². The van der Waals surface area contributed by atoms with Crippen LogP contribution >= 0.6 is 11.3 Å². The summed E-state index contributed by atoms with van der Waals surface area (Å²) in [6, 6.07) is 0. The number of hydrogen-bond acceptors (Lipinski definition) is 6. The first-order chi connectivity index (χ1) is 13.0. The van der Waals surface area contributed by atoms with Gasteiger partial charge in [0.1, 0.15) is 5.76 Å². The van der Waals surface area contributed by atoms with Crippen LogP contribution < -0.4 is 10.6 Å². The molecular weight excluding hydrogens is 364 g/mol. The van der Waals surface area contributed by atoms with Crippen molar-refractivity contribution < 1.29 is 14.1 Å². The van der Waals surface area contributed by atoms with Gasteiger partial charge >= 0.3 is 0 Å². The second kappa shape index (κ2) is 8.67. The van der Waals surface area contributed by atoms with Gasteiger partial charge in [0, 0.05) is 42.0 Å². The molecule has 0 atom stereocenters. The van der Waals surface area contributed by atoms with Gasteiger partial charge in [-0.15, -0.1) is 11.3 Å². The molecule has 0 unspecified atom stereocenters. The molecule has 0 bridgehead atoms. The molecular formula is C19H26N4O3S. The first kappa shape index (κ1) is 19.6. The van der Waals surface area contributed by atoms with Crippen LogP contribution in [-0.4, -0.2) is 41.5 Å². The van der Waals surface area contributed by atoms with Crippen molar-refractivity contribution in [3.8, 4) is 0 Å². The first-order valence-electron chi connectivity index (χ1n) is 9.27. The zero-order valence-corrected chi connectivity index (χ0v) is 16.9. The lowest BCUT2D eigenvalue weighted by Gasteiger charge is -2.27. The van der Waals surface area contributed by atoms with Crippen LogP contribution in [0.4, 0.5) is 0 Å². The van der Waals surface area contributed by atoms with E-state index in [0.29, 0.717) is 12.1 Å². The Hall–Kier alpha value is -2.19. The number of aryl methyl sites for hydroxylation is 2. The molecule has 2 N–H and O–H groups in total. The van der Waals surface area contributed by atoms with E-state index in [1.54, 1.807) is 11.3 Å². The van der Waals surface area contributed by atoms with Crippen molar-refractivity contribution in [2.24, 2.45) is 0 Å². The Balaban J connectivity index is 1.59. The second-order valence-electron chi connectivity index (χ2n) is 6.85. The van der Waals surface area contributed by atoms with Crippen molar-refractivity contribution in [2.75, 3.05) is 19.6 Å². The van der Waals surface area contributed by atoms with Crippen LogP contribution in [0.15, 0.2) is 9.90 Å². The Kier molecular flexibility index (Phi) is 6.28. The van der Waals surface area contributed by atoms with Gasteiger partial charge in [0.15, 0.2) is 0 Å². The fourth-order valence-corrected chi connectivity index (χ4v) is 4.36. The minimum Gasteiger partial charge on any atom is -0.361 e. The van der Waals surface area contributed by atoms with Crippen molar-refractivity contribution in [2.45, 2.75) is 46.7 Å². The average molecular weight is 391 g/mol. The maximum Gasteiger partial charge on any atom is 0.252 e. The summed E-state index contributed by atoms with van der Waals surface area (Å²) < 4.78 is 5.25. The quantitative estimate of drug-likeness (QED) is 0.757. The highest BCUT2D eigenvalue weighted by Crippen LogP contribution is 2.30. The van der Waals surface area contributed by atoms with Gasteiger partial charge in [-0.3, -0.25) is 14.5 Å². The Morgan fingerprint density at radius 3 is 2.85 bits per heavy atom. The number of carbonyl (C=O) groups excluding carboxylic acids is 2. The zero-order chi connectivity index (χ0) is 19.4. The maximum atomic E-state index is 12.5. The van der Waals surface area contributed by atoms with Gasteiger partial charge in [-0.05, 0) is 32.3 Å². The Labute approximate surface area is 163 Å². The van der Waals surface area contributed by atoms with Gasteiger partial charge in [-0.25, -0.2) is 0 Å². The first-order valence-corrected chi connectivity index (χ1v) is 10.2. The summed E-state index contributed by atoms with van der Waals surface area (Å²) in [6.45, 7) is 9.04. The lowest BCUT2D eigenvalue weighted by atomic mass is 10.0. The molecule has 0 aliphatic carbocycles. The summed E-state index contributed by atoms with van der Waals surface area (Å²) >= 11 is 1.61. The summed E-state index contributed by atoms with van der Waals surface area (Å²) in [6.07, 6.45) is 1.70. The van der Waals surface area contributed by atoms with E-state index >= 15 is 0 Å². The Morgan fingerprint density at radius 1 is 1.33 bits per heavy atom. The largest absolute Gasteiger partial charge is 0.361 e. The predicted molar refractivity (Wildman–Crippen MR) is 104 cm³/mol. The molecule has 1 aliphatic heterocycles. The fourth-order valence-electron chi connectivity index (χ4n) is 3.24. The standard InChI is InChI=1S/C19H26N4O3S/c1-4-6-20-18(24)8-21-19(25)16-11-27-17-10-23(7-5-14(16)17)9-15-12(2)22-26-13(15)3/h11H,4-10H2,1-3H3,(H,20,24)(H,21,25). The molecule has 0 saturated heterocycles. The van der Waals surface area contributed by atoms with Crippen LogP contribution in [0.1, 0.15) is 51.2 Å². The van der Waals surface area contributed by atoms with Crippen LogP contribution in [0.25, 0.3) is 0 Å². The topological polar surface area (TPSA) is 87.5 Å². The molecule has 7 nitrogen and oxygen atoms in total. The van der Waals surface area contributed by atoms with E-state index in [1.165, 1.54) is 4.88 Å². The highest BCUT2D eigenvalue weighted by molar-refractivity contribution is 7.10. The van der Waals surface area contributed by atoms with Crippen LogP contribution in [0, 0.1) is 13.8 Å². The smallest absolute Gasteiger partial charge is 0.252 e. The second-order valence-corrected chi connectivity index (χ2v) is 7.81. The third kappa shape index (κ3) is 4.56. The minimum absolute atomic E-state index is 0.0155. The molecule has 8 heteroatoms. The third-order valence-corrected chi connectivity index (χ3v) is 5.83. The van der Waals surface area contributed by atoms with Gasteiger partial charge in [-0.2, -0.15) is 0 Å². The molecule has 3 heterocycles. The monoisotopic (exact) mass is 390 g/mol. The Bertz CT molecular complexity index is 808. The number of carbonyl (C=O) groups is 2. The summed E-state index contributed by atoms with van der Waals surface area (Å²) in [5, 5.41) is 11.4. The van der Waals surface area contributed by atoms with E-state index in [4.69, 9.17) is 4.52 Å². The summed E-state index contributed by atoms with van der Waals surface area (Å²) in [7, 11) is 0. The number of aromatic nitrogens is 1. The summed E-state index contributed by atoms with van der Waals surface area (Å²) in [4.78, 5) is 27.7. The SMILES string of the molecule is CCCNC(=O)CNC(=O)c1csc2c1CCN(Cc1c(C)noc1C)C2. The molecule has 1 aliphatic rings. The number of nitrogens with zero attached hydrogens (tertiary/aromatic N) is 2. The molecule has 2 amide bonds. The molecule has 146 valence electrons. The van der Waals surface area contributed by atoms with Gasteiger partial charge in [0.25, 0.3) is 5.91 Å². The average Bonchev–Trinajstić information content (AvgIpc) is 3.22. The number of rotatable bonds is 7. The summed E-state index contributed by atoms with van der Waals surface area (Å²) in [5.74, 6) is 0.546. The van der Waals surface area contributed by atoms with Gasteiger partial charge in [0.05, 0.1) is 17.8 Å². The highest BCUT2D eigenvalue weighted by atomic mass is 32.1. The van der Waals surface area contributed by atoms with Gasteiger partial charge < -0.3 is 15.2 Å². The van der Waals surface area contributed by atoms with Crippen molar-refractivity contribution >= 4 is 23.2 Å². The molecule has 2 aromatic rings. The third-order valence-electron chi connectivity index (χ3n) is 4.82. The Morgan fingerprint density at radius 2 is 2.15 bits per heavy atom. The molecule has 27 heavy (non-hydrogen) atoms. The van der Waals surface area contributed by atoms with E-state index in [9.17, 15) is 9.59 Å².